The largest absolute Gasteiger partial charge is 0.362 e. The van der Waals surface area contributed by atoms with E-state index in [1.165, 1.54) is 6.42 Å². The Morgan fingerprint density at radius 2 is 2.15 bits per heavy atom. The molecule has 1 heterocycles. The summed E-state index contributed by atoms with van der Waals surface area (Å²) in [5, 5.41) is 19.1. The summed E-state index contributed by atoms with van der Waals surface area (Å²) < 4.78 is 1.62. The van der Waals surface area contributed by atoms with E-state index < -0.39 is 0 Å². The van der Waals surface area contributed by atoms with Crippen LogP contribution in [0.5, 0.6) is 0 Å². The third-order valence-electron chi connectivity index (χ3n) is 4.55. The first-order chi connectivity index (χ1) is 9.45. The third kappa shape index (κ3) is 2.64. The van der Waals surface area contributed by atoms with Crippen LogP contribution >= 0.6 is 0 Å². The van der Waals surface area contributed by atoms with Crippen molar-refractivity contribution in [2.24, 2.45) is 18.9 Å². The Hall–Kier alpha value is -1.59. The first-order valence-electron chi connectivity index (χ1n) is 7.42. The van der Waals surface area contributed by atoms with E-state index in [1.54, 1.807) is 11.7 Å². The van der Waals surface area contributed by atoms with E-state index in [0.29, 0.717) is 35.8 Å². The minimum absolute atomic E-state index is 0.154. The molecule has 1 saturated carbocycles. The Bertz CT molecular complexity index is 498. The van der Waals surface area contributed by atoms with Gasteiger partial charge in [0.2, 0.25) is 5.82 Å². The van der Waals surface area contributed by atoms with Crippen LogP contribution in [0.3, 0.4) is 0 Å². The van der Waals surface area contributed by atoms with Crippen molar-refractivity contribution in [1.29, 1.82) is 0 Å². The highest BCUT2D eigenvalue weighted by atomic mass is 16.6. The predicted octanol–water partition coefficient (Wildman–Crippen LogP) is 3.13. The molecule has 0 bridgehead atoms. The Morgan fingerprint density at radius 1 is 1.45 bits per heavy atom. The van der Waals surface area contributed by atoms with Crippen LogP contribution in [-0.2, 0) is 13.5 Å². The summed E-state index contributed by atoms with van der Waals surface area (Å²) >= 11 is 0. The Kier molecular flexibility index (Phi) is 4.30. The van der Waals surface area contributed by atoms with Gasteiger partial charge in [0.1, 0.15) is 5.69 Å². The third-order valence-corrected chi connectivity index (χ3v) is 4.55. The van der Waals surface area contributed by atoms with E-state index in [9.17, 15) is 10.1 Å². The molecule has 1 aliphatic rings. The lowest BCUT2D eigenvalue weighted by molar-refractivity contribution is -0.384. The maximum absolute atomic E-state index is 11.4. The molecule has 2 rings (SSSR count). The van der Waals surface area contributed by atoms with Gasteiger partial charge in [-0.3, -0.25) is 10.1 Å². The molecule has 3 atom stereocenters. The molecule has 0 spiro atoms. The summed E-state index contributed by atoms with van der Waals surface area (Å²) in [6.45, 7) is 6.46. The lowest BCUT2D eigenvalue weighted by Gasteiger charge is -2.20. The van der Waals surface area contributed by atoms with Gasteiger partial charge in [-0.1, -0.05) is 27.2 Å². The minimum atomic E-state index is -0.302. The highest BCUT2D eigenvalue weighted by molar-refractivity contribution is 5.60. The molecule has 0 saturated heterocycles. The van der Waals surface area contributed by atoms with Crippen molar-refractivity contribution in [3.8, 4) is 0 Å². The average molecular weight is 280 g/mol. The highest BCUT2D eigenvalue weighted by Crippen LogP contribution is 2.36. The quantitative estimate of drug-likeness (QED) is 0.664. The van der Waals surface area contributed by atoms with Crippen molar-refractivity contribution < 1.29 is 4.92 Å². The smallest absolute Gasteiger partial charge is 0.333 e. The van der Waals surface area contributed by atoms with Gasteiger partial charge in [-0.05, 0) is 31.1 Å². The van der Waals surface area contributed by atoms with Gasteiger partial charge in [0.05, 0.1) is 4.92 Å². The van der Waals surface area contributed by atoms with E-state index >= 15 is 0 Å². The predicted molar refractivity (Wildman–Crippen MR) is 78.8 cm³/mol. The second kappa shape index (κ2) is 5.81. The molecule has 0 aliphatic heterocycles. The summed E-state index contributed by atoms with van der Waals surface area (Å²) in [6.07, 6.45) is 3.73. The summed E-state index contributed by atoms with van der Waals surface area (Å²) in [5.74, 6) is 1.75. The minimum Gasteiger partial charge on any atom is -0.362 e. The van der Waals surface area contributed by atoms with Crippen molar-refractivity contribution in [2.75, 3.05) is 5.32 Å². The van der Waals surface area contributed by atoms with Crippen LogP contribution in [0.4, 0.5) is 11.5 Å². The van der Waals surface area contributed by atoms with Crippen LogP contribution in [0.1, 0.15) is 45.7 Å². The Balaban J connectivity index is 2.29. The van der Waals surface area contributed by atoms with Gasteiger partial charge in [0.15, 0.2) is 0 Å². The normalized spacial score (nSPS) is 25.9. The molecule has 1 aromatic heterocycles. The van der Waals surface area contributed by atoms with E-state index in [-0.39, 0.29) is 10.6 Å². The van der Waals surface area contributed by atoms with E-state index in [2.05, 4.69) is 24.3 Å². The topological polar surface area (TPSA) is 73.0 Å². The van der Waals surface area contributed by atoms with E-state index in [4.69, 9.17) is 0 Å². The van der Waals surface area contributed by atoms with Gasteiger partial charge in [-0.2, -0.15) is 5.10 Å². The van der Waals surface area contributed by atoms with E-state index in [1.807, 2.05) is 6.92 Å². The number of anilines is 1. The van der Waals surface area contributed by atoms with Crippen molar-refractivity contribution >= 4 is 11.5 Å². The average Bonchev–Trinajstić information content (AvgIpc) is 2.85. The zero-order valence-electron chi connectivity index (χ0n) is 12.7. The second-order valence-electron chi connectivity index (χ2n) is 5.94. The molecule has 1 fully saturated rings. The van der Waals surface area contributed by atoms with Crippen LogP contribution in [0.15, 0.2) is 0 Å². The molecular formula is C14H24N4O2. The van der Waals surface area contributed by atoms with Crippen LogP contribution in [-0.4, -0.2) is 20.7 Å². The molecule has 1 N–H and O–H groups in total. The Morgan fingerprint density at radius 3 is 2.65 bits per heavy atom. The summed E-state index contributed by atoms with van der Waals surface area (Å²) in [7, 11) is 1.78. The van der Waals surface area contributed by atoms with Crippen molar-refractivity contribution in [3.05, 3.63) is 15.8 Å². The number of nitrogens with one attached hydrogen (secondary N) is 1. The number of nitro groups is 1. The van der Waals surface area contributed by atoms with Crippen LogP contribution < -0.4 is 5.32 Å². The van der Waals surface area contributed by atoms with Crippen LogP contribution in [0, 0.1) is 22.0 Å². The van der Waals surface area contributed by atoms with Gasteiger partial charge in [0.25, 0.3) is 0 Å². The lowest BCUT2D eigenvalue weighted by Crippen LogP contribution is -2.25. The van der Waals surface area contributed by atoms with Gasteiger partial charge < -0.3 is 5.32 Å². The standard InChI is InChI=1S/C14H24N4O2/c1-5-6-12-13(18(19)20)14(17(4)16-12)15-11-8-7-9(2)10(11)3/h9-11,15H,5-8H2,1-4H3. The highest BCUT2D eigenvalue weighted by Gasteiger charge is 2.33. The fourth-order valence-corrected chi connectivity index (χ4v) is 3.07. The molecule has 0 amide bonds. The van der Waals surface area contributed by atoms with Crippen LogP contribution in [0.2, 0.25) is 0 Å². The molecule has 3 unspecified atom stereocenters. The van der Waals surface area contributed by atoms with Gasteiger partial charge in [-0.15, -0.1) is 0 Å². The molecule has 6 nitrogen and oxygen atoms in total. The second-order valence-corrected chi connectivity index (χ2v) is 5.94. The molecule has 20 heavy (non-hydrogen) atoms. The number of aryl methyl sites for hydroxylation is 2. The van der Waals surface area contributed by atoms with Crippen molar-refractivity contribution in [1.82, 2.24) is 9.78 Å². The van der Waals surface area contributed by atoms with Gasteiger partial charge >= 0.3 is 5.69 Å². The zero-order chi connectivity index (χ0) is 14.9. The zero-order valence-corrected chi connectivity index (χ0v) is 12.7. The lowest BCUT2D eigenvalue weighted by atomic mass is 9.98. The fourth-order valence-electron chi connectivity index (χ4n) is 3.07. The molecule has 1 aromatic rings. The van der Waals surface area contributed by atoms with Crippen molar-refractivity contribution in [3.63, 3.8) is 0 Å². The Labute approximate surface area is 119 Å². The molecular weight excluding hydrogens is 256 g/mol. The van der Waals surface area contributed by atoms with Gasteiger partial charge in [-0.25, -0.2) is 4.68 Å². The first-order valence-corrected chi connectivity index (χ1v) is 7.42. The van der Waals surface area contributed by atoms with E-state index in [0.717, 1.165) is 12.8 Å². The number of hydrogen-bond donors (Lipinski definition) is 1. The summed E-state index contributed by atoms with van der Waals surface area (Å²) in [6, 6.07) is 0.300. The van der Waals surface area contributed by atoms with Crippen LogP contribution in [0.25, 0.3) is 0 Å². The molecule has 112 valence electrons. The van der Waals surface area contributed by atoms with Gasteiger partial charge in [0, 0.05) is 13.1 Å². The molecule has 1 aliphatic carbocycles. The number of aromatic nitrogens is 2. The number of rotatable bonds is 5. The number of nitrogens with zero attached hydrogens (tertiary/aromatic N) is 3. The summed E-state index contributed by atoms with van der Waals surface area (Å²) in [5.41, 5.74) is 0.738. The maximum atomic E-state index is 11.4. The first kappa shape index (κ1) is 14.8. The molecule has 0 aromatic carbocycles. The van der Waals surface area contributed by atoms with Crippen molar-refractivity contribution in [2.45, 2.75) is 52.5 Å². The molecule has 6 heteroatoms. The monoisotopic (exact) mass is 280 g/mol. The fraction of sp³-hybridized carbons (Fsp3) is 0.786. The number of hydrogen-bond acceptors (Lipinski definition) is 4. The summed E-state index contributed by atoms with van der Waals surface area (Å²) in [4.78, 5) is 11.1. The SMILES string of the molecule is CCCc1nn(C)c(NC2CCC(C)C2C)c1[N+](=O)[O-]. The maximum Gasteiger partial charge on any atom is 0.333 e. The molecule has 0 radical (unpaired) electrons.